The lowest BCUT2D eigenvalue weighted by Gasteiger charge is -2.30. The molecule has 176 valence electrons. The molecule has 0 radical (unpaired) electrons. The molecule has 0 aliphatic heterocycles. The van der Waals surface area contributed by atoms with Crippen molar-refractivity contribution < 1.29 is 0 Å². The second-order valence-corrected chi connectivity index (χ2v) is 11.0. The van der Waals surface area contributed by atoms with Crippen molar-refractivity contribution in [3.05, 3.63) is 0 Å². The first-order chi connectivity index (χ1) is 13.9. The molecule has 0 aromatic carbocycles. The molecule has 0 aliphatic rings. The number of unbranched alkanes of at least 4 members (excludes halogenated alkanes) is 9. The molecule has 0 N–H and O–H groups in total. The van der Waals surface area contributed by atoms with Crippen LogP contribution in [0.5, 0.6) is 0 Å². The van der Waals surface area contributed by atoms with Crippen molar-refractivity contribution in [1.29, 1.82) is 0 Å². The third-order valence-corrected chi connectivity index (χ3v) is 7.59. The van der Waals surface area contributed by atoms with Crippen LogP contribution in [0.3, 0.4) is 0 Å². The fraction of sp³-hybridized carbons (Fsp3) is 1.00. The second-order valence-electron chi connectivity index (χ2n) is 11.0. The van der Waals surface area contributed by atoms with Gasteiger partial charge in [-0.3, -0.25) is 0 Å². The van der Waals surface area contributed by atoms with Gasteiger partial charge in [-0.2, -0.15) is 0 Å². The number of hydrogen-bond acceptors (Lipinski definition) is 0. The van der Waals surface area contributed by atoms with E-state index in [1.54, 1.807) is 0 Å². The van der Waals surface area contributed by atoms with E-state index in [0.29, 0.717) is 0 Å². The van der Waals surface area contributed by atoms with Gasteiger partial charge in [-0.25, -0.2) is 0 Å². The lowest BCUT2D eigenvalue weighted by atomic mass is 9.75. The summed E-state index contributed by atoms with van der Waals surface area (Å²) in [4.78, 5) is 0. The van der Waals surface area contributed by atoms with Crippen LogP contribution in [-0.4, -0.2) is 0 Å². The van der Waals surface area contributed by atoms with Crippen molar-refractivity contribution >= 4 is 0 Å². The summed E-state index contributed by atoms with van der Waals surface area (Å²) in [5.41, 5.74) is 0. The Morgan fingerprint density at radius 3 is 1.52 bits per heavy atom. The van der Waals surface area contributed by atoms with Crippen LogP contribution in [0.2, 0.25) is 0 Å². The van der Waals surface area contributed by atoms with Crippen LogP contribution in [0, 0.1) is 29.6 Å². The van der Waals surface area contributed by atoms with Crippen LogP contribution in [0.25, 0.3) is 0 Å². The average Bonchev–Trinajstić information content (AvgIpc) is 2.68. The van der Waals surface area contributed by atoms with Gasteiger partial charge in [0.25, 0.3) is 0 Å². The molecule has 29 heavy (non-hydrogen) atoms. The van der Waals surface area contributed by atoms with Crippen LogP contribution in [0.4, 0.5) is 0 Å². The van der Waals surface area contributed by atoms with Crippen LogP contribution in [0.15, 0.2) is 0 Å². The lowest BCUT2D eigenvalue weighted by Crippen LogP contribution is -2.20. The van der Waals surface area contributed by atoms with Crippen LogP contribution >= 0.6 is 0 Å². The minimum absolute atomic E-state index is 0.871. The molecule has 0 nitrogen and oxygen atoms in total. The Kier molecular flexibility index (Phi) is 19.9. The number of hydrogen-bond donors (Lipinski definition) is 0. The zero-order valence-corrected chi connectivity index (χ0v) is 21.9. The largest absolute Gasteiger partial charge is 0.0654 e. The maximum Gasteiger partial charge on any atom is -0.0363 e. The second kappa shape index (κ2) is 19.9. The highest BCUT2D eigenvalue weighted by Gasteiger charge is 2.22. The summed E-state index contributed by atoms with van der Waals surface area (Å²) in [5, 5.41) is 0. The van der Waals surface area contributed by atoms with Crippen LogP contribution in [-0.2, 0) is 0 Å². The van der Waals surface area contributed by atoms with E-state index in [9.17, 15) is 0 Å². The summed E-state index contributed by atoms with van der Waals surface area (Å²) >= 11 is 0. The summed E-state index contributed by atoms with van der Waals surface area (Å²) in [5.74, 6) is 4.56. The van der Waals surface area contributed by atoms with E-state index in [1.807, 2.05) is 0 Å². The van der Waals surface area contributed by atoms with Gasteiger partial charge in [0, 0.05) is 0 Å². The Hall–Kier alpha value is 0. The van der Waals surface area contributed by atoms with Crippen molar-refractivity contribution in [1.82, 2.24) is 0 Å². The van der Waals surface area contributed by atoms with Gasteiger partial charge < -0.3 is 0 Å². The van der Waals surface area contributed by atoms with Gasteiger partial charge in [-0.05, 0) is 36.0 Å². The van der Waals surface area contributed by atoms with Crippen molar-refractivity contribution in [2.45, 2.75) is 158 Å². The summed E-state index contributed by atoms with van der Waals surface area (Å²) in [6.45, 7) is 17.0. The number of rotatable bonds is 21. The van der Waals surface area contributed by atoms with Gasteiger partial charge in [0.1, 0.15) is 0 Å². The molecule has 0 aromatic heterocycles. The molecule has 4 unspecified atom stereocenters. The summed E-state index contributed by atoms with van der Waals surface area (Å²) in [6.07, 6.45) is 24.6. The van der Waals surface area contributed by atoms with E-state index in [1.165, 1.54) is 109 Å². The molecule has 0 bridgehead atoms. The molecular formula is C29H60. The van der Waals surface area contributed by atoms with Crippen molar-refractivity contribution in [2.75, 3.05) is 0 Å². The van der Waals surface area contributed by atoms with Gasteiger partial charge in [-0.15, -0.1) is 0 Å². The fourth-order valence-corrected chi connectivity index (χ4v) is 5.10. The SMILES string of the molecule is CCCCCCCCCCCCC(C)C(CCC(C)CCCC(C)C)C(C)CC. The van der Waals surface area contributed by atoms with Crippen LogP contribution < -0.4 is 0 Å². The first-order valence-corrected chi connectivity index (χ1v) is 13.9. The van der Waals surface area contributed by atoms with Gasteiger partial charge in [0.05, 0.1) is 0 Å². The van der Waals surface area contributed by atoms with E-state index in [2.05, 4.69) is 48.5 Å². The molecular weight excluding hydrogens is 348 g/mol. The molecule has 0 saturated heterocycles. The fourth-order valence-electron chi connectivity index (χ4n) is 5.10. The Balaban J connectivity index is 3.96. The predicted octanol–water partition coefficient (Wildman–Crippen LogP) is 10.8. The first-order valence-electron chi connectivity index (χ1n) is 13.9. The van der Waals surface area contributed by atoms with E-state index in [-0.39, 0.29) is 0 Å². The zero-order valence-electron chi connectivity index (χ0n) is 21.9. The first kappa shape index (κ1) is 29.0. The lowest BCUT2D eigenvalue weighted by molar-refractivity contribution is 0.203. The third kappa shape index (κ3) is 17.4. The molecule has 0 heterocycles. The van der Waals surface area contributed by atoms with E-state index in [0.717, 1.165) is 29.6 Å². The quantitative estimate of drug-likeness (QED) is 0.166. The Morgan fingerprint density at radius 2 is 1.00 bits per heavy atom. The zero-order chi connectivity index (χ0) is 21.9. The molecule has 0 amide bonds. The monoisotopic (exact) mass is 408 g/mol. The molecule has 0 fully saturated rings. The Morgan fingerprint density at radius 1 is 0.448 bits per heavy atom. The van der Waals surface area contributed by atoms with Gasteiger partial charge in [-0.1, -0.05) is 151 Å². The minimum atomic E-state index is 0.871. The molecule has 0 saturated carbocycles. The third-order valence-electron chi connectivity index (χ3n) is 7.59. The van der Waals surface area contributed by atoms with E-state index >= 15 is 0 Å². The Labute approximate surface area is 187 Å². The predicted molar refractivity (Wildman–Crippen MR) is 136 cm³/mol. The standard InChI is InChI=1S/C29H60/c1-8-10-11-12-13-14-15-16-17-18-22-28(7)29(27(6)9-2)24-23-26(5)21-19-20-25(3)4/h25-29H,8-24H2,1-7H3. The highest BCUT2D eigenvalue weighted by molar-refractivity contribution is 4.73. The molecule has 0 aliphatic carbocycles. The van der Waals surface area contributed by atoms with E-state index in [4.69, 9.17) is 0 Å². The van der Waals surface area contributed by atoms with Crippen molar-refractivity contribution in [3.63, 3.8) is 0 Å². The normalized spacial score (nSPS) is 16.1. The Bertz CT molecular complexity index is 318. The van der Waals surface area contributed by atoms with Gasteiger partial charge in [0.2, 0.25) is 0 Å². The highest BCUT2D eigenvalue weighted by atomic mass is 14.3. The molecule has 4 atom stereocenters. The average molecular weight is 409 g/mol. The maximum atomic E-state index is 2.56. The van der Waals surface area contributed by atoms with Gasteiger partial charge in [0.15, 0.2) is 0 Å². The van der Waals surface area contributed by atoms with Crippen molar-refractivity contribution in [3.8, 4) is 0 Å². The highest BCUT2D eigenvalue weighted by Crippen LogP contribution is 2.33. The smallest absolute Gasteiger partial charge is 0.0363 e. The summed E-state index contributed by atoms with van der Waals surface area (Å²) in [7, 11) is 0. The molecule has 0 spiro atoms. The summed E-state index contributed by atoms with van der Waals surface area (Å²) < 4.78 is 0. The molecule has 0 heteroatoms. The van der Waals surface area contributed by atoms with Crippen LogP contribution in [0.1, 0.15) is 158 Å². The summed E-state index contributed by atoms with van der Waals surface area (Å²) in [6, 6.07) is 0. The topological polar surface area (TPSA) is 0 Å². The van der Waals surface area contributed by atoms with E-state index < -0.39 is 0 Å². The van der Waals surface area contributed by atoms with Gasteiger partial charge >= 0.3 is 0 Å². The van der Waals surface area contributed by atoms with Crippen molar-refractivity contribution in [2.24, 2.45) is 29.6 Å². The molecule has 0 rings (SSSR count). The molecule has 0 aromatic rings. The maximum absolute atomic E-state index is 2.56. The minimum Gasteiger partial charge on any atom is -0.0654 e.